The molecule has 4 rings (SSSR count). The molecule has 1 heterocycles. The third-order valence-electron chi connectivity index (χ3n) is 4.88. The molecular weight excluding hydrogens is 449 g/mol. The molecule has 0 spiro atoms. The summed E-state index contributed by atoms with van der Waals surface area (Å²) in [5.74, 6) is -0.232. The van der Waals surface area contributed by atoms with Gasteiger partial charge in [-0.15, -0.1) is 0 Å². The number of benzene rings is 3. The predicted octanol–water partition coefficient (Wildman–Crippen LogP) is 6.35. The van der Waals surface area contributed by atoms with Crippen LogP contribution in [0.25, 0.3) is 22.3 Å². The molecule has 5 nitrogen and oxygen atoms in total. The molecule has 0 bridgehead atoms. The number of amides is 1. The number of ether oxygens (including phenoxy) is 1. The second-order valence-corrected chi connectivity index (χ2v) is 8.00. The molecule has 1 amide bonds. The number of nitrogens with one attached hydrogen (secondary N) is 1. The van der Waals surface area contributed by atoms with Gasteiger partial charge in [0.05, 0.1) is 5.39 Å². The standard InChI is InChI=1S/C25H19Cl2NO4/c1-2-15-6-11-21-20(12-15)23(30)25(24(32-21)16-7-9-17(26)10-8-16)31-14-22(29)28-19-5-3-4-18(27)13-19/h3-13H,2,14H2,1H3,(H,28,29). The summed E-state index contributed by atoms with van der Waals surface area (Å²) in [6.45, 7) is 1.62. The van der Waals surface area contributed by atoms with Crippen molar-refractivity contribution in [2.75, 3.05) is 11.9 Å². The van der Waals surface area contributed by atoms with Crippen LogP contribution in [0.15, 0.2) is 75.9 Å². The first kappa shape index (κ1) is 21.9. The minimum atomic E-state index is -0.434. The number of carbonyl (C=O) groups is 1. The van der Waals surface area contributed by atoms with Crippen LogP contribution in [-0.2, 0) is 11.2 Å². The number of anilines is 1. The molecule has 0 unspecified atom stereocenters. The lowest BCUT2D eigenvalue weighted by Crippen LogP contribution is -2.22. The third kappa shape index (κ3) is 4.79. The summed E-state index contributed by atoms with van der Waals surface area (Å²) in [5.41, 5.74) is 2.23. The normalized spacial score (nSPS) is 10.8. The Morgan fingerprint density at radius 1 is 1.00 bits per heavy atom. The highest BCUT2D eigenvalue weighted by Gasteiger charge is 2.19. The van der Waals surface area contributed by atoms with E-state index < -0.39 is 5.91 Å². The largest absolute Gasteiger partial charge is 0.476 e. The molecule has 0 aliphatic heterocycles. The van der Waals surface area contributed by atoms with Crippen molar-refractivity contribution in [3.8, 4) is 17.1 Å². The summed E-state index contributed by atoms with van der Waals surface area (Å²) in [4.78, 5) is 25.7. The second-order valence-electron chi connectivity index (χ2n) is 7.13. The van der Waals surface area contributed by atoms with Gasteiger partial charge in [-0.3, -0.25) is 9.59 Å². The van der Waals surface area contributed by atoms with Crippen molar-refractivity contribution >= 4 is 45.8 Å². The van der Waals surface area contributed by atoms with E-state index in [9.17, 15) is 9.59 Å². The highest BCUT2D eigenvalue weighted by atomic mass is 35.5. The number of fused-ring (bicyclic) bond motifs is 1. The number of aryl methyl sites for hydroxylation is 1. The van der Waals surface area contributed by atoms with Crippen LogP contribution in [0.3, 0.4) is 0 Å². The fourth-order valence-electron chi connectivity index (χ4n) is 3.27. The molecule has 1 aromatic heterocycles. The van der Waals surface area contributed by atoms with Gasteiger partial charge in [0.1, 0.15) is 5.58 Å². The molecule has 7 heteroatoms. The van der Waals surface area contributed by atoms with Crippen LogP contribution < -0.4 is 15.5 Å². The van der Waals surface area contributed by atoms with E-state index in [0.717, 1.165) is 12.0 Å². The van der Waals surface area contributed by atoms with E-state index in [1.54, 1.807) is 60.7 Å². The first-order chi connectivity index (χ1) is 15.4. The zero-order valence-corrected chi connectivity index (χ0v) is 18.7. The van der Waals surface area contributed by atoms with Crippen molar-refractivity contribution in [3.63, 3.8) is 0 Å². The smallest absolute Gasteiger partial charge is 0.262 e. The second kappa shape index (κ2) is 9.47. The predicted molar refractivity (Wildman–Crippen MR) is 128 cm³/mol. The van der Waals surface area contributed by atoms with Crippen molar-refractivity contribution in [2.24, 2.45) is 0 Å². The first-order valence-corrected chi connectivity index (χ1v) is 10.7. The lowest BCUT2D eigenvalue weighted by atomic mass is 10.1. The fraction of sp³-hybridized carbons (Fsp3) is 0.120. The van der Waals surface area contributed by atoms with Crippen LogP contribution in [0.2, 0.25) is 10.0 Å². The Balaban J connectivity index is 1.71. The van der Waals surface area contributed by atoms with Crippen molar-refractivity contribution < 1.29 is 13.9 Å². The Labute approximate surface area is 194 Å². The van der Waals surface area contributed by atoms with E-state index in [1.807, 2.05) is 13.0 Å². The average molecular weight is 468 g/mol. The Morgan fingerprint density at radius 3 is 2.50 bits per heavy atom. The summed E-state index contributed by atoms with van der Waals surface area (Å²) in [7, 11) is 0. The van der Waals surface area contributed by atoms with Gasteiger partial charge >= 0.3 is 0 Å². The molecule has 32 heavy (non-hydrogen) atoms. The van der Waals surface area contributed by atoms with Gasteiger partial charge in [-0.05, 0) is 66.6 Å². The molecular formula is C25H19Cl2NO4. The molecule has 0 aliphatic carbocycles. The molecule has 0 atom stereocenters. The van der Waals surface area contributed by atoms with Gasteiger partial charge in [-0.2, -0.15) is 0 Å². The maximum atomic E-state index is 13.3. The number of rotatable bonds is 6. The highest BCUT2D eigenvalue weighted by Crippen LogP contribution is 2.32. The molecule has 4 aromatic rings. The van der Waals surface area contributed by atoms with Gasteiger partial charge < -0.3 is 14.5 Å². The first-order valence-electron chi connectivity index (χ1n) is 9.98. The summed E-state index contributed by atoms with van der Waals surface area (Å²) in [5, 5.41) is 4.14. The summed E-state index contributed by atoms with van der Waals surface area (Å²) in [6.07, 6.45) is 0.770. The van der Waals surface area contributed by atoms with Crippen LogP contribution >= 0.6 is 23.2 Å². The molecule has 0 saturated carbocycles. The van der Waals surface area contributed by atoms with Gasteiger partial charge in [0.15, 0.2) is 12.4 Å². The Hall–Kier alpha value is -3.28. The minimum Gasteiger partial charge on any atom is -0.476 e. The Kier molecular flexibility index (Phi) is 6.49. The Bertz CT molecular complexity index is 1350. The maximum absolute atomic E-state index is 13.3. The molecule has 0 radical (unpaired) electrons. The molecule has 0 aliphatic rings. The molecule has 1 N–H and O–H groups in total. The van der Waals surface area contributed by atoms with Crippen LogP contribution in [0.5, 0.6) is 5.75 Å². The number of halogens is 2. The zero-order valence-electron chi connectivity index (χ0n) is 17.2. The van der Waals surface area contributed by atoms with Crippen molar-refractivity contribution in [1.29, 1.82) is 0 Å². The molecule has 3 aromatic carbocycles. The van der Waals surface area contributed by atoms with Crippen molar-refractivity contribution in [3.05, 3.63) is 92.6 Å². The number of hydrogen-bond donors (Lipinski definition) is 1. The lowest BCUT2D eigenvalue weighted by Gasteiger charge is -2.12. The maximum Gasteiger partial charge on any atom is 0.262 e. The molecule has 162 valence electrons. The topological polar surface area (TPSA) is 68.5 Å². The lowest BCUT2D eigenvalue weighted by molar-refractivity contribution is -0.118. The quantitative estimate of drug-likeness (QED) is 0.358. The van der Waals surface area contributed by atoms with Crippen LogP contribution in [0, 0.1) is 0 Å². The zero-order chi connectivity index (χ0) is 22.7. The van der Waals surface area contributed by atoms with Gasteiger partial charge in [0.25, 0.3) is 5.91 Å². The van der Waals surface area contributed by atoms with Crippen LogP contribution in [0.1, 0.15) is 12.5 Å². The SMILES string of the molecule is CCc1ccc2oc(-c3ccc(Cl)cc3)c(OCC(=O)Nc3cccc(Cl)c3)c(=O)c2c1. The van der Waals surface area contributed by atoms with Gasteiger partial charge in [0.2, 0.25) is 11.2 Å². The van der Waals surface area contributed by atoms with Crippen LogP contribution in [-0.4, -0.2) is 12.5 Å². The molecule has 0 fully saturated rings. The van der Waals surface area contributed by atoms with Crippen molar-refractivity contribution in [2.45, 2.75) is 13.3 Å². The number of hydrogen-bond acceptors (Lipinski definition) is 4. The summed E-state index contributed by atoms with van der Waals surface area (Å²) < 4.78 is 11.8. The Morgan fingerprint density at radius 2 is 1.78 bits per heavy atom. The van der Waals surface area contributed by atoms with Gasteiger partial charge in [-0.25, -0.2) is 0 Å². The summed E-state index contributed by atoms with van der Waals surface area (Å²) in [6, 6.07) is 19.1. The monoisotopic (exact) mass is 467 g/mol. The van der Waals surface area contributed by atoms with Gasteiger partial charge in [-0.1, -0.05) is 42.3 Å². The van der Waals surface area contributed by atoms with E-state index in [4.69, 9.17) is 32.4 Å². The number of carbonyl (C=O) groups excluding carboxylic acids is 1. The van der Waals surface area contributed by atoms with E-state index in [1.165, 1.54) is 0 Å². The van der Waals surface area contributed by atoms with Gasteiger partial charge in [0, 0.05) is 21.3 Å². The highest BCUT2D eigenvalue weighted by molar-refractivity contribution is 6.31. The average Bonchev–Trinajstić information content (AvgIpc) is 2.78. The fourth-order valence-corrected chi connectivity index (χ4v) is 3.58. The summed E-state index contributed by atoms with van der Waals surface area (Å²) >= 11 is 12.0. The third-order valence-corrected chi connectivity index (χ3v) is 5.37. The van der Waals surface area contributed by atoms with E-state index in [2.05, 4.69) is 5.32 Å². The van der Waals surface area contributed by atoms with Crippen molar-refractivity contribution in [1.82, 2.24) is 0 Å². The minimum absolute atomic E-state index is 0.0330. The van der Waals surface area contributed by atoms with E-state index in [0.29, 0.717) is 32.3 Å². The molecule has 0 saturated heterocycles. The van der Waals surface area contributed by atoms with Crippen LogP contribution in [0.4, 0.5) is 5.69 Å². The van der Waals surface area contributed by atoms with E-state index in [-0.39, 0.29) is 23.5 Å². The van der Waals surface area contributed by atoms with E-state index >= 15 is 0 Å².